The highest BCUT2D eigenvalue weighted by Crippen LogP contribution is 2.30. The first-order chi connectivity index (χ1) is 8.34. The minimum Gasteiger partial charge on any atom is -0.388 e. The molecule has 0 radical (unpaired) electrons. The standard InChI is InChI=1S/C14H21NO2/c16-14-6-3-5-13-12(14)7-8-15(13)10-11-4-1-2-9-17-11/h7-8,11,14,16H,1-6,9-10H2. The van der Waals surface area contributed by atoms with Crippen LogP contribution in [-0.4, -0.2) is 22.4 Å². The third kappa shape index (κ3) is 2.26. The zero-order valence-corrected chi connectivity index (χ0v) is 10.3. The number of hydrogen-bond donors (Lipinski definition) is 1. The third-order valence-corrected chi connectivity index (χ3v) is 4.04. The summed E-state index contributed by atoms with van der Waals surface area (Å²) in [5.41, 5.74) is 2.48. The average molecular weight is 235 g/mol. The van der Waals surface area contributed by atoms with E-state index in [-0.39, 0.29) is 6.10 Å². The molecule has 3 heteroatoms. The molecular weight excluding hydrogens is 214 g/mol. The van der Waals surface area contributed by atoms with Crippen LogP contribution < -0.4 is 0 Å². The predicted octanol–water partition coefficient (Wildman–Crippen LogP) is 2.43. The van der Waals surface area contributed by atoms with E-state index in [9.17, 15) is 5.11 Å². The summed E-state index contributed by atoms with van der Waals surface area (Å²) in [4.78, 5) is 0. The number of nitrogens with zero attached hydrogens (tertiary/aromatic N) is 1. The number of rotatable bonds is 2. The fourth-order valence-corrected chi connectivity index (χ4v) is 3.07. The lowest BCUT2D eigenvalue weighted by atomic mass is 9.95. The van der Waals surface area contributed by atoms with E-state index in [0.29, 0.717) is 6.10 Å². The number of fused-ring (bicyclic) bond motifs is 1. The Morgan fingerprint density at radius 1 is 1.29 bits per heavy atom. The number of aromatic nitrogens is 1. The molecule has 1 fully saturated rings. The van der Waals surface area contributed by atoms with Gasteiger partial charge in [0.1, 0.15) is 0 Å². The molecule has 2 atom stereocenters. The summed E-state index contributed by atoms with van der Waals surface area (Å²) >= 11 is 0. The zero-order valence-electron chi connectivity index (χ0n) is 10.3. The van der Waals surface area contributed by atoms with Crippen LogP contribution in [0.15, 0.2) is 12.3 Å². The van der Waals surface area contributed by atoms with Crippen LogP contribution in [0.2, 0.25) is 0 Å². The van der Waals surface area contributed by atoms with E-state index in [1.807, 2.05) is 0 Å². The van der Waals surface area contributed by atoms with Gasteiger partial charge in [-0.2, -0.15) is 0 Å². The van der Waals surface area contributed by atoms with Gasteiger partial charge in [-0.15, -0.1) is 0 Å². The van der Waals surface area contributed by atoms with Crippen molar-refractivity contribution >= 4 is 0 Å². The van der Waals surface area contributed by atoms with Gasteiger partial charge in [0.2, 0.25) is 0 Å². The molecule has 2 unspecified atom stereocenters. The molecule has 0 bridgehead atoms. The van der Waals surface area contributed by atoms with Gasteiger partial charge in [0.15, 0.2) is 0 Å². The van der Waals surface area contributed by atoms with Gasteiger partial charge in [-0.1, -0.05) is 0 Å². The molecule has 1 aliphatic heterocycles. The smallest absolute Gasteiger partial charge is 0.0807 e. The molecule has 1 aromatic heterocycles. The van der Waals surface area contributed by atoms with Gasteiger partial charge >= 0.3 is 0 Å². The maximum absolute atomic E-state index is 9.94. The van der Waals surface area contributed by atoms with Gasteiger partial charge < -0.3 is 14.4 Å². The fourth-order valence-electron chi connectivity index (χ4n) is 3.07. The molecule has 0 aromatic carbocycles. The van der Waals surface area contributed by atoms with Gasteiger partial charge in [-0.05, 0) is 44.6 Å². The highest BCUT2D eigenvalue weighted by molar-refractivity contribution is 5.27. The lowest BCUT2D eigenvalue weighted by molar-refractivity contribution is 0.00542. The topological polar surface area (TPSA) is 34.4 Å². The van der Waals surface area contributed by atoms with Gasteiger partial charge in [0.25, 0.3) is 0 Å². The Labute approximate surface area is 102 Å². The summed E-state index contributed by atoms with van der Waals surface area (Å²) in [6.07, 6.45) is 9.04. The zero-order chi connectivity index (χ0) is 11.7. The van der Waals surface area contributed by atoms with Gasteiger partial charge in [-0.3, -0.25) is 0 Å². The highest BCUT2D eigenvalue weighted by atomic mass is 16.5. The molecule has 0 saturated carbocycles. The minimum atomic E-state index is -0.243. The largest absolute Gasteiger partial charge is 0.388 e. The first-order valence-corrected chi connectivity index (χ1v) is 6.82. The molecule has 17 heavy (non-hydrogen) atoms. The van der Waals surface area contributed by atoms with Crippen molar-refractivity contribution in [2.75, 3.05) is 6.61 Å². The van der Waals surface area contributed by atoms with Crippen LogP contribution in [0.1, 0.15) is 49.5 Å². The summed E-state index contributed by atoms with van der Waals surface area (Å²) in [5, 5.41) is 9.94. The van der Waals surface area contributed by atoms with Crippen LogP contribution in [0, 0.1) is 0 Å². The second kappa shape index (κ2) is 4.83. The van der Waals surface area contributed by atoms with Gasteiger partial charge in [-0.25, -0.2) is 0 Å². The van der Waals surface area contributed by atoms with Crippen LogP contribution in [0.3, 0.4) is 0 Å². The van der Waals surface area contributed by atoms with Crippen molar-refractivity contribution in [2.45, 2.75) is 57.3 Å². The Balaban J connectivity index is 1.74. The van der Waals surface area contributed by atoms with Gasteiger partial charge in [0.05, 0.1) is 12.2 Å². The molecule has 3 rings (SSSR count). The SMILES string of the molecule is OC1CCCc2c1ccn2CC1CCCCO1. The molecule has 3 nitrogen and oxygen atoms in total. The third-order valence-electron chi connectivity index (χ3n) is 4.04. The highest BCUT2D eigenvalue weighted by Gasteiger charge is 2.23. The van der Waals surface area contributed by atoms with Crippen molar-refractivity contribution in [1.29, 1.82) is 0 Å². The van der Waals surface area contributed by atoms with Crippen LogP contribution in [0.25, 0.3) is 0 Å². The number of ether oxygens (including phenoxy) is 1. The lowest BCUT2D eigenvalue weighted by Gasteiger charge is -2.25. The molecule has 1 saturated heterocycles. The quantitative estimate of drug-likeness (QED) is 0.854. The van der Waals surface area contributed by atoms with E-state index in [4.69, 9.17) is 4.74 Å². The van der Waals surface area contributed by atoms with E-state index in [2.05, 4.69) is 16.8 Å². The van der Waals surface area contributed by atoms with Crippen molar-refractivity contribution in [3.05, 3.63) is 23.5 Å². The minimum absolute atomic E-state index is 0.243. The summed E-state index contributed by atoms with van der Waals surface area (Å²) in [5.74, 6) is 0. The Kier molecular flexibility index (Phi) is 3.21. The Morgan fingerprint density at radius 3 is 3.06 bits per heavy atom. The first kappa shape index (κ1) is 11.3. The van der Waals surface area contributed by atoms with Crippen LogP contribution in [0.4, 0.5) is 0 Å². The fraction of sp³-hybridized carbons (Fsp3) is 0.714. The second-order valence-corrected chi connectivity index (χ2v) is 5.27. The molecule has 1 aromatic rings. The summed E-state index contributed by atoms with van der Waals surface area (Å²) in [6, 6.07) is 2.09. The van der Waals surface area contributed by atoms with Crippen molar-refractivity contribution < 1.29 is 9.84 Å². The molecule has 0 spiro atoms. The second-order valence-electron chi connectivity index (χ2n) is 5.27. The van der Waals surface area contributed by atoms with Gasteiger partial charge in [0, 0.05) is 30.6 Å². The molecule has 2 heterocycles. The summed E-state index contributed by atoms with van der Waals surface area (Å²) in [6.45, 7) is 1.87. The molecule has 0 amide bonds. The Bertz CT molecular complexity index is 380. The molecular formula is C14H21NO2. The van der Waals surface area contributed by atoms with Crippen molar-refractivity contribution in [1.82, 2.24) is 4.57 Å². The first-order valence-electron chi connectivity index (χ1n) is 6.82. The average Bonchev–Trinajstić information content (AvgIpc) is 2.76. The predicted molar refractivity (Wildman–Crippen MR) is 65.9 cm³/mol. The van der Waals surface area contributed by atoms with Crippen LogP contribution >= 0.6 is 0 Å². The van der Waals surface area contributed by atoms with E-state index in [1.54, 1.807) is 0 Å². The summed E-state index contributed by atoms with van der Waals surface area (Å²) in [7, 11) is 0. The van der Waals surface area contributed by atoms with Crippen LogP contribution in [0.5, 0.6) is 0 Å². The Morgan fingerprint density at radius 2 is 2.24 bits per heavy atom. The monoisotopic (exact) mass is 235 g/mol. The molecule has 94 valence electrons. The van der Waals surface area contributed by atoms with Crippen molar-refractivity contribution in [2.24, 2.45) is 0 Å². The van der Waals surface area contributed by atoms with E-state index >= 15 is 0 Å². The maximum Gasteiger partial charge on any atom is 0.0807 e. The van der Waals surface area contributed by atoms with E-state index in [1.165, 1.54) is 25.0 Å². The molecule has 2 aliphatic rings. The summed E-state index contributed by atoms with van der Waals surface area (Å²) < 4.78 is 8.09. The normalized spacial score (nSPS) is 29.0. The maximum atomic E-state index is 9.94. The van der Waals surface area contributed by atoms with E-state index < -0.39 is 0 Å². The van der Waals surface area contributed by atoms with E-state index in [0.717, 1.165) is 38.0 Å². The molecule has 1 aliphatic carbocycles. The van der Waals surface area contributed by atoms with Crippen molar-refractivity contribution in [3.63, 3.8) is 0 Å². The van der Waals surface area contributed by atoms with Crippen molar-refractivity contribution in [3.8, 4) is 0 Å². The lowest BCUT2D eigenvalue weighted by Crippen LogP contribution is -2.25. The number of hydrogen-bond acceptors (Lipinski definition) is 2. The van der Waals surface area contributed by atoms with Crippen LogP contribution in [-0.2, 0) is 17.7 Å². The molecule has 1 N–H and O–H groups in total. The Hall–Kier alpha value is -0.800. The number of aliphatic hydroxyl groups excluding tert-OH is 1. The number of aliphatic hydroxyl groups is 1.